The molecule has 0 aromatic heterocycles. The lowest BCUT2D eigenvalue weighted by molar-refractivity contribution is -0.121. The van der Waals surface area contributed by atoms with Crippen molar-refractivity contribution in [2.75, 3.05) is 6.61 Å². The molecule has 0 saturated heterocycles. The first-order chi connectivity index (χ1) is 6.74. The van der Waals surface area contributed by atoms with Crippen molar-refractivity contribution in [1.29, 1.82) is 0 Å². The van der Waals surface area contributed by atoms with Gasteiger partial charge in [0.15, 0.2) is 0 Å². The van der Waals surface area contributed by atoms with E-state index in [9.17, 15) is 4.79 Å². The number of rotatable bonds is 6. The zero-order chi connectivity index (χ0) is 10.4. The molecule has 0 aromatic rings. The van der Waals surface area contributed by atoms with Crippen LogP contribution in [0, 0.1) is 5.92 Å². The van der Waals surface area contributed by atoms with Gasteiger partial charge >= 0.3 is 0 Å². The second-order valence-corrected chi connectivity index (χ2v) is 4.31. The average Bonchev–Trinajstić information content (AvgIpc) is 2.52. The summed E-state index contributed by atoms with van der Waals surface area (Å²) in [6.45, 7) is 5.04. The maximum atomic E-state index is 11.3. The Morgan fingerprint density at radius 2 is 2.36 bits per heavy atom. The van der Waals surface area contributed by atoms with E-state index < -0.39 is 0 Å². The van der Waals surface area contributed by atoms with Crippen LogP contribution in [0.4, 0.5) is 0 Å². The molecule has 2 heteroatoms. The lowest BCUT2D eigenvalue weighted by atomic mass is 10.0. The van der Waals surface area contributed by atoms with Gasteiger partial charge in [-0.25, -0.2) is 0 Å². The molecule has 2 atom stereocenters. The van der Waals surface area contributed by atoms with Crippen molar-refractivity contribution in [1.82, 2.24) is 0 Å². The van der Waals surface area contributed by atoms with Crippen LogP contribution in [0.1, 0.15) is 52.4 Å². The average molecular weight is 198 g/mol. The Bertz CT molecular complexity index is 177. The lowest BCUT2D eigenvalue weighted by Gasteiger charge is -2.13. The second-order valence-electron chi connectivity index (χ2n) is 4.31. The summed E-state index contributed by atoms with van der Waals surface area (Å²) < 4.78 is 5.64. The third-order valence-corrected chi connectivity index (χ3v) is 2.99. The summed E-state index contributed by atoms with van der Waals surface area (Å²) in [5, 5.41) is 0. The number of hydrogen-bond donors (Lipinski definition) is 0. The molecule has 1 fully saturated rings. The van der Waals surface area contributed by atoms with E-state index in [1.807, 2.05) is 0 Å². The van der Waals surface area contributed by atoms with Gasteiger partial charge in [-0.1, -0.05) is 13.3 Å². The maximum Gasteiger partial charge on any atom is 0.136 e. The first kappa shape index (κ1) is 11.7. The number of ketones is 1. The normalized spacial score (nSPS) is 24.1. The molecule has 1 aliphatic rings. The van der Waals surface area contributed by atoms with Gasteiger partial charge in [0.25, 0.3) is 0 Å². The molecule has 14 heavy (non-hydrogen) atoms. The van der Waals surface area contributed by atoms with Gasteiger partial charge in [-0.05, 0) is 32.6 Å². The van der Waals surface area contributed by atoms with E-state index in [1.165, 1.54) is 6.42 Å². The molecule has 0 amide bonds. The quantitative estimate of drug-likeness (QED) is 0.656. The van der Waals surface area contributed by atoms with Crippen molar-refractivity contribution in [3.05, 3.63) is 0 Å². The molecule has 0 bridgehead atoms. The van der Waals surface area contributed by atoms with Gasteiger partial charge in [-0.2, -0.15) is 0 Å². The number of carbonyl (C=O) groups is 1. The molecule has 0 spiro atoms. The van der Waals surface area contributed by atoms with E-state index in [0.29, 0.717) is 17.8 Å². The van der Waals surface area contributed by atoms with E-state index in [2.05, 4.69) is 13.8 Å². The zero-order valence-corrected chi connectivity index (χ0v) is 9.42. The molecule has 2 nitrogen and oxygen atoms in total. The van der Waals surface area contributed by atoms with Crippen LogP contribution in [-0.4, -0.2) is 18.5 Å². The molecule has 0 N–H and O–H groups in total. The monoisotopic (exact) mass is 198 g/mol. The minimum atomic E-state index is 0.309. The standard InChI is InChI=1S/C12H22O2/c1-3-5-10(2)14-9-8-11-6-4-7-12(11)13/h10-11H,3-9H2,1-2H3. The summed E-state index contributed by atoms with van der Waals surface area (Å²) in [7, 11) is 0. The Morgan fingerprint density at radius 1 is 1.57 bits per heavy atom. The van der Waals surface area contributed by atoms with Gasteiger partial charge in [0.2, 0.25) is 0 Å². The highest BCUT2D eigenvalue weighted by atomic mass is 16.5. The topological polar surface area (TPSA) is 26.3 Å². The van der Waals surface area contributed by atoms with Gasteiger partial charge < -0.3 is 4.74 Å². The summed E-state index contributed by atoms with van der Waals surface area (Å²) in [5.41, 5.74) is 0. The van der Waals surface area contributed by atoms with Crippen molar-refractivity contribution < 1.29 is 9.53 Å². The summed E-state index contributed by atoms with van der Waals surface area (Å²) in [6, 6.07) is 0. The van der Waals surface area contributed by atoms with Crippen LogP contribution in [0.25, 0.3) is 0 Å². The molecule has 1 saturated carbocycles. The highest BCUT2D eigenvalue weighted by Crippen LogP contribution is 2.24. The van der Waals surface area contributed by atoms with E-state index in [4.69, 9.17) is 4.74 Å². The fraction of sp³-hybridized carbons (Fsp3) is 0.917. The van der Waals surface area contributed by atoms with Crippen LogP contribution in [0.15, 0.2) is 0 Å². The molecule has 0 radical (unpaired) electrons. The van der Waals surface area contributed by atoms with Crippen molar-refractivity contribution in [2.24, 2.45) is 5.92 Å². The smallest absolute Gasteiger partial charge is 0.136 e. The van der Waals surface area contributed by atoms with E-state index in [0.717, 1.165) is 38.7 Å². The largest absolute Gasteiger partial charge is 0.378 e. The Kier molecular flexibility index (Phi) is 5.16. The first-order valence-corrected chi connectivity index (χ1v) is 5.88. The van der Waals surface area contributed by atoms with Gasteiger partial charge in [-0.15, -0.1) is 0 Å². The molecule has 2 unspecified atom stereocenters. The van der Waals surface area contributed by atoms with E-state index >= 15 is 0 Å². The van der Waals surface area contributed by atoms with Crippen molar-refractivity contribution in [3.63, 3.8) is 0 Å². The molecule has 1 rings (SSSR count). The summed E-state index contributed by atoms with van der Waals surface area (Å²) >= 11 is 0. The van der Waals surface area contributed by atoms with Gasteiger partial charge in [0, 0.05) is 18.9 Å². The molecule has 82 valence electrons. The van der Waals surface area contributed by atoms with Crippen molar-refractivity contribution in [3.8, 4) is 0 Å². The number of ether oxygens (including phenoxy) is 1. The first-order valence-electron chi connectivity index (χ1n) is 5.88. The molecular formula is C12H22O2. The third-order valence-electron chi connectivity index (χ3n) is 2.99. The Balaban J connectivity index is 2.05. The maximum absolute atomic E-state index is 11.3. The number of carbonyl (C=O) groups excluding carboxylic acids is 1. The Labute approximate surface area is 87.0 Å². The second kappa shape index (κ2) is 6.18. The van der Waals surface area contributed by atoms with Crippen LogP contribution in [-0.2, 0) is 9.53 Å². The van der Waals surface area contributed by atoms with Crippen LogP contribution < -0.4 is 0 Å². The fourth-order valence-corrected chi connectivity index (χ4v) is 2.09. The van der Waals surface area contributed by atoms with E-state index in [1.54, 1.807) is 0 Å². The van der Waals surface area contributed by atoms with Gasteiger partial charge in [-0.3, -0.25) is 4.79 Å². The van der Waals surface area contributed by atoms with Crippen LogP contribution in [0.3, 0.4) is 0 Å². The predicted octanol–water partition coefficient (Wildman–Crippen LogP) is 2.95. The summed E-state index contributed by atoms with van der Waals surface area (Å²) in [4.78, 5) is 11.3. The molecule has 0 aromatic carbocycles. The molecule has 1 aliphatic carbocycles. The number of hydrogen-bond acceptors (Lipinski definition) is 2. The van der Waals surface area contributed by atoms with Gasteiger partial charge in [0.05, 0.1) is 6.10 Å². The summed E-state index contributed by atoms with van der Waals surface area (Å²) in [6.07, 6.45) is 6.57. The van der Waals surface area contributed by atoms with Gasteiger partial charge in [0.1, 0.15) is 5.78 Å². The molecule has 0 heterocycles. The van der Waals surface area contributed by atoms with Crippen LogP contribution >= 0.6 is 0 Å². The third kappa shape index (κ3) is 3.79. The highest BCUT2D eigenvalue weighted by Gasteiger charge is 2.23. The lowest BCUT2D eigenvalue weighted by Crippen LogP contribution is -2.14. The fourth-order valence-electron chi connectivity index (χ4n) is 2.09. The van der Waals surface area contributed by atoms with E-state index in [-0.39, 0.29) is 0 Å². The SMILES string of the molecule is CCCC(C)OCCC1CCCC1=O. The predicted molar refractivity (Wildman–Crippen MR) is 57.3 cm³/mol. The Morgan fingerprint density at radius 3 is 2.93 bits per heavy atom. The molecular weight excluding hydrogens is 176 g/mol. The number of Topliss-reactive ketones (excluding diaryl/α,β-unsaturated/α-hetero) is 1. The molecule has 0 aliphatic heterocycles. The van der Waals surface area contributed by atoms with Crippen molar-refractivity contribution in [2.45, 2.75) is 58.5 Å². The Hall–Kier alpha value is -0.370. The summed E-state index contributed by atoms with van der Waals surface area (Å²) in [5.74, 6) is 0.764. The van der Waals surface area contributed by atoms with Crippen LogP contribution in [0.2, 0.25) is 0 Å². The van der Waals surface area contributed by atoms with Crippen molar-refractivity contribution >= 4 is 5.78 Å². The minimum Gasteiger partial charge on any atom is -0.378 e. The highest BCUT2D eigenvalue weighted by molar-refractivity contribution is 5.82. The minimum absolute atomic E-state index is 0.309. The van der Waals surface area contributed by atoms with Crippen LogP contribution in [0.5, 0.6) is 0 Å². The zero-order valence-electron chi connectivity index (χ0n) is 9.42.